The third-order valence-corrected chi connectivity index (χ3v) is 1.89. The van der Waals surface area contributed by atoms with Gasteiger partial charge < -0.3 is 10.1 Å². The standard InChI is InChI=1S/C10H17N3O2/c1-3-15-10(14)4-6-11-8-9-5-7-13(2)12-9/h5,7,11H,3-4,6,8H2,1-2H3. The highest BCUT2D eigenvalue weighted by Crippen LogP contribution is 1.93. The Morgan fingerprint density at radius 3 is 3.07 bits per heavy atom. The lowest BCUT2D eigenvalue weighted by Gasteiger charge is -2.02. The van der Waals surface area contributed by atoms with Crippen LogP contribution in [0.5, 0.6) is 0 Å². The normalized spacial score (nSPS) is 10.3. The summed E-state index contributed by atoms with van der Waals surface area (Å²) in [5.74, 6) is -0.161. The van der Waals surface area contributed by atoms with Gasteiger partial charge in [0.05, 0.1) is 18.7 Å². The fourth-order valence-electron chi connectivity index (χ4n) is 1.20. The number of hydrogen-bond acceptors (Lipinski definition) is 4. The maximum absolute atomic E-state index is 11.0. The first-order valence-corrected chi connectivity index (χ1v) is 5.07. The van der Waals surface area contributed by atoms with Crippen LogP contribution in [0.15, 0.2) is 12.3 Å². The molecule has 0 radical (unpaired) electrons. The van der Waals surface area contributed by atoms with E-state index in [1.54, 1.807) is 11.6 Å². The van der Waals surface area contributed by atoms with Crippen LogP contribution in [0, 0.1) is 0 Å². The number of aromatic nitrogens is 2. The van der Waals surface area contributed by atoms with Crippen molar-refractivity contribution in [1.82, 2.24) is 15.1 Å². The van der Waals surface area contributed by atoms with Gasteiger partial charge in [-0.05, 0) is 13.0 Å². The summed E-state index contributed by atoms with van der Waals surface area (Å²) >= 11 is 0. The summed E-state index contributed by atoms with van der Waals surface area (Å²) < 4.78 is 6.55. The lowest BCUT2D eigenvalue weighted by atomic mass is 10.4. The van der Waals surface area contributed by atoms with Gasteiger partial charge in [-0.3, -0.25) is 9.48 Å². The van der Waals surface area contributed by atoms with E-state index in [0.29, 0.717) is 26.1 Å². The fourth-order valence-corrected chi connectivity index (χ4v) is 1.20. The number of nitrogens with one attached hydrogen (secondary N) is 1. The molecule has 5 nitrogen and oxygen atoms in total. The topological polar surface area (TPSA) is 56.1 Å². The van der Waals surface area contributed by atoms with Crippen LogP contribution in [0.4, 0.5) is 0 Å². The van der Waals surface area contributed by atoms with Gasteiger partial charge in [0.1, 0.15) is 0 Å². The van der Waals surface area contributed by atoms with Gasteiger partial charge in [0.15, 0.2) is 0 Å². The van der Waals surface area contributed by atoms with E-state index in [1.807, 2.05) is 19.3 Å². The average Bonchev–Trinajstić information content (AvgIpc) is 2.60. The van der Waals surface area contributed by atoms with E-state index in [4.69, 9.17) is 4.74 Å². The van der Waals surface area contributed by atoms with Crippen LogP contribution in [0.1, 0.15) is 19.0 Å². The van der Waals surface area contributed by atoms with Crippen LogP contribution >= 0.6 is 0 Å². The van der Waals surface area contributed by atoms with E-state index >= 15 is 0 Å². The molecule has 0 aromatic carbocycles. The number of esters is 1. The van der Waals surface area contributed by atoms with E-state index < -0.39 is 0 Å². The molecule has 0 unspecified atom stereocenters. The minimum atomic E-state index is -0.161. The zero-order chi connectivity index (χ0) is 11.1. The Balaban J connectivity index is 2.09. The van der Waals surface area contributed by atoms with Gasteiger partial charge in [-0.15, -0.1) is 0 Å². The first-order chi connectivity index (χ1) is 7.22. The Bertz CT molecular complexity index is 309. The van der Waals surface area contributed by atoms with Crippen molar-refractivity contribution < 1.29 is 9.53 Å². The highest BCUT2D eigenvalue weighted by Gasteiger charge is 2.01. The number of carbonyl (C=O) groups excluding carboxylic acids is 1. The highest BCUT2D eigenvalue weighted by atomic mass is 16.5. The lowest BCUT2D eigenvalue weighted by Crippen LogP contribution is -2.19. The molecule has 0 bridgehead atoms. The molecule has 0 fully saturated rings. The Hall–Kier alpha value is -1.36. The van der Waals surface area contributed by atoms with Crippen LogP contribution in [0.25, 0.3) is 0 Å². The van der Waals surface area contributed by atoms with Crippen molar-refractivity contribution in [2.24, 2.45) is 7.05 Å². The third kappa shape index (κ3) is 4.60. The zero-order valence-electron chi connectivity index (χ0n) is 9.19. The summed E-state index contributed by atoms with van der Waals surface area (Å²) in [6.07, 6.45) is 2.29. The minimum Gasteiger partial charge on any atom is -0.466 e. The Labute approximate surface area is 89.4 Å². The Kier molecular flexibility index (Phi) is 4.83. The van der Waals surface area contributed by atoms with E-state index in [-0.39, 0.29) is 5.97 Å². The molecule has 0 atom stereocenters. The summed E-state index contributed by atoms with van der Waals surface area (Å²) in [5.41, 5.74) is 0.973. The molecule has 1 N–H and O–H groups in total. The summed E-state index contributed by atoms with van der Waals surface area (Å²) in [4.78, 5) is 11.0. The SMILES string of the molecule is CCOC(=O)CCNCc1ccn(C)n1. The molecule has 0 aliphatic carbocycles. The summed E-state index contributed by atoms with van der Waals surface area (Å²) in [6, 6.07) is 1.94. The fraction of sp³-hybridized carbons (Fsp3) is 0.600. The summed E-state index contributed by atoms with van der Waals surface area (Å²) in [6.45, 7) is 3.55. The van der Waals surface area contributed by atoms with Gasteiger partial charge in [0.2, 0.25) is 0 Å². The number of rotatable bonds is 6. The molecule has 1 heterocycles. The number of ether oxygens (including phenoxy) is 1. The first-order valence-electron chi connectivity index (χ1n) is 5.07. The average molecular weight is 211 g/mol. The molecular formula is C10H17N3O2. The zero-order valence-corrected chi connectivity index (χ0v) is 9.19. The molecule has 0 saturated carbocycles. The van der Waals surface area contributed by atoms with Gasteiger partial charge in [-0.25, -0.2) is 0 Å². The first kappa shape index (κ1) is 11.7. The number of carbonyl (C=O) groups is 1. The van der Waals surface area contributed by atoms with Crippen LogP contribution in [0.2, 0.25) is 0 Å². The van der Waals surface area contributed by atoms with Crippen molar-refractivity contribution in [3.8, 4) is 0 Å². The van der Waals surface area contributed by atoms with Gasteiger partial charge in [-0.1, -0.05) is 0 Å². The molecule has 0 aliphatic heterocycles. The van der Waals surface area contributed by atoms with E-state index in [2.05, 4.69) is 10.4 Å². The molecule has 15 heavy (non-hydrogen) atoms. The van der Waals surface area contributed by atoms with Gasteiger partial charge in [0, 0.05) is 26.3 Å². The number of nitrogens with zero attached hydrogens (tertiary/aromatic N) is 2. The molecule has 0 aliphatic rings. The minimum absolute atomic E-state index is 0.161. The summed E-state index contributed by atoms with van der Waals surface area (Å²) in [7, 11) is 1.88. The predicted molar refractivity (Wildman–Crippen MR) is 56.2 cm³/mol. The largest absolute Gasteiger partial charge is 0.466 e. The van der Waals surface area contributed by atoms with Gasteiger partial charge in [0.25, 0.3) is 0 Å². The second kappa shape index (κ2) is 6.19. The summed E-state index contributed by atoms with van der Waals surface area (Å²) in [5, 5.41) is 7.33. The molecule has 0 saturated heterocycles. The molecule has 5 heteroatoms. The molecule has 1 rings (SSSR count). The van der Waals surface area contributed by atoms with Crippen molar-refractivity contribution in [1.29, 1.82) is 0 Å². The molecule has 1 aromatic rings. The Morgan fingerprint density at radius 2 is 2.47 bits per heavy atom. The number of aryl methyl sites for hydroxylation is 1. The molecular weight excluding hydrogens is 194 g/mol. The van der Waals surface area contributed by atoms with Crippen molar-refractivity contribution in [2.45, 2.75) is 19.9 Å². The van der Waals surface area contributed by atoms with Crippen molar-refractivity contribution in [2.75, 3.05) is 13.2 Å². The monoisotopic (exact) mass is 211 g/mol. The van der Waals surface area contributed by atoms with Gasteiger partial charge >= 0.3 is 5.97 Å². The molecule has 0 spiro atoms. The van der Waals surface area contributed by atoms with Crippen LogP contribution < -0.4 is 5.32 Å². The van der Waals surface area contributed by atoms with Crippen molar-refractivity contribution in [3.05, 3.63) is 18.0 Å². The van der Waals surface area contributed by atoms with Crippen LogP contribution in [-0.2, 0) is 23.1 Å². The third-order valence-electron chi connectivity index (χ3n) is 1.89. The van der Waals surface area contributed by atoms with Crippen LogP contribution in [-0.4, -0.2) is 28.9 Å². The van der Waals surface area contributed by atoms with Crippen LogP contribution in [0.3, 0.4) is 0 Å². The highest BCUT2D eigenvalue weighted by molar-refractivity contribution is 5.69. The quantitative estimate of drug-likeness (QED) is 0.548. The van der Waals surface area contributed by atoms with E-state index in [9.17, 15) is 4.79 Å². The molecule has 0 amide bonds. The second-order valence-electron chi connectivity index (χ2n) is 3.21. The van der Waals surface area contributed by atoms with E-state index in [0.717, 1.165) is 5.69 Å². The molecule has 84 valence electrons. The maximum atomic E-state index is 11.0. The second-order valence-corrected chi connectivity index (χ2v) is 3.21. The number of hydrogen-bond donors (Lipinski definition) is 1. The maximum Gasteiger partial charge on any atom is 0.307 e. The predicted octanol–water partition coefficient (Wildman–Crippen LogP) is 0.463. The van der Waals surface area contributed by atoms with Crippen molar-refractivity contribution in [3.63, 3.8) is 0 Å². The Morgan fingerprint density at radius 1 is 1.67 bits per heavy atom. The van der Waals surface area contributed by atoms with E-state index in [1.165, 1.54) is 0 Å². The lowest BCUT2D eigenvalue weighted by molar-refractivity contribution is -0.142. The molecule has 1 aromatic heterocycles. The van der Waals surface area contributed by atoms with Crippen molar-refractivity contribution >= 4 is 5.97 Å². The van der Waals surface area contributed by atoms with Gasteiger partial charge in [-0.2, -0.15) is 5.10 Å². The smallest absolute Gasteiger partial charge is 0.307 e.